The van der Waals surface area contributed by atoms with Crippen LogP contribution >= 0.6 is 0 Å². The van der Waals surface area contributed by atoms with Gasteiger partial charge in [0.1, 0.15) is 0 Å². The van der Waals surface area contributed by atoms with Crippen molar-refractivity contribution >= 4 is 5.91 Å². The molecule has 19 heavy (non-hydrogen) atoms. The van der Waals surface area contributed by atoms with E-state index in [2.05, 4.69) is 49.6 Å². The molecular formula is C16H24N2O. The third-order valence-corrected chi connectivity index (χ3v) is 3.90. The molecule has 104 valence electrons. The Morgan fingerprint density at radius 3 is 2.95 bits per heavy atom. The van der Waals surface area contributed by atoms with Crippen LogP contribution in [0.2, 0.25) is 0 Å². The third-order valence-electron chi connectivity index (χ3n) is 3.90. The van der Waals surface area contributed by atoms with Crippen molar-refractivity contribution in [2.24, 2.45) is 5.92 Å². The summed E-state index contributed by atoms with van der Waals surface area (Å²) in [6.45, 7) is 7.21. The van der Waals surface area contributed by atoms with Gasteiger partial charge in [-0.2, -0.15) is 0 Å². The van der Waals surface area contributed by atoms with E-state index in [0.717, 1.165) is 19.4 Å². The van der Waals surface area contributed by atoms with Gasteiger partial charge in [0.25, 0.3) is 0 Å². The van der Waals surface area contributed by atoms with E-state index in [1.165, 1.54) is 11.1 Å². The highest BCUT2D eigenvalue weighted by atomic mass is 16.1. The number of carbonyl (C=O) groups is 1. The summed E-state index contributed by atoms with van der Waals surface area (Å²) < 4.78 is 0. The van der Waals surface area contributed by atoms with E-state index in [4.69, 9.17) is 0 Å². The fourth-order valence-corrected chi connectivity index (χ4v) is 2.72. The summed E-state index contributed by atoms with van der Waals surface area (Å²) in [5.41, 5.74) is 2.41. The Morgan fingerprint density at radius 2 is 2.26 bits per heavy atom. The van der Waals surface area contributed by atoms with Crippen molar-refractivity contribution in [1.82, 2.24) is 10.6 Å². The lowest BCUT2D eigenvalue weighted by atomic mass is 9.92. The number of hydrogen-bond donors (Lipinski definition) is 2. The predicted molar refractivity (Wildman–Crippen MR) is 77.9 cm³/mol. The fourth-order valence-electron chi connectivity index (χ4n) is 2.72. The quantitative estimate of drug-likeness (QED) is 0.877. The van der Waals surface area contributed by atoms with Crippen molar-refractivity contribution in [2.75, 3.05) is 6.54 Å². The minimum Gasteiger partial charge on any atom is -0.349 e. The van der Waals surface area contributed by atoms with Crippen LogP contribution in [-0.2, 0) is 4.79 Å². The van der Waals surface area contributed by atoms with Crippen LogP contribution in [-0.4, -0.2) is 18.5 Å². The van der Waals surface area contributed by atoms with E-state index < -0.39 is 0 Å². The van der Waals surface area contributed by atoms with E-state index in [9.17, 15) is 4.79 Å². The molecule has 0 aromatic heterocycles. The van der Waals surface area contributed by atoms with E-state index in [1.54, 1.807) is 0 Å². The summed E-state index contributed by atoms with van der Waals surface area (Å²) in [7, 11) is 0. The van der Waals surface area contributed by atoms with E-state index in [1.807, 2.05) is 6.07 Å². The number of hydrogen-bond acceptors (Lipinski definition) is 2. The SMILES string of the molecule is Cc1cccc([C@H](C)NC(=O)C2CCNC(C)C2)c1. The maximum absolute atomic E-state index is 12.3. The average molecular weight is 260 g/mol. The molecule has 1 aliphatic heterocycles. The molecule has 1 aromatic carbocycles. The molecule has 1 fully saturated rings. The number of rotatable bonds is 3. The highest BCUT2D eigenvalue weighted by Crippen LogP contribution is 2.19. The standard InChI is InChI=1S/C16H24N2O/c1-11-5-4-6-14(9-11)13(3)18-16(19)15-7-8-17-12(2)10-15/h4-6,9,12-13,15,17H,7-8,10H2,1-3H3,(H,18,19)/t12?,13-,15?/m0/s1. The van der Waals surface area contributed by atoms with Crippen LogP contribution < -0.4 is 10.6 Å². The molecular weight excluding hydrogens is 236 g/mol. The van der Waals surface area contributed by atoms with Crippen molar-refractivity contribution in [3.8, 4) is 0 Å². The van der Waals surface area contributed by atoms with Crippen molar-refractivity contribution in [3.05, 3.63) is 35.4 Å². The number of carbonyl (C=O) groups excluding carboxylic acids is 1. The van der Waals surface area contributed by atoms with Crippen molar-refractivity contribution in [3.63, 3.8) is 0 Å². The first kappa shape index (κ1) is 14.1. The van der Waals surface area contributed by atoms with Gasteiger partial charge in [-0.05, 0) is 45.7 Å². The lowest BCUT2D eigenvalue weighted by Crippen LogP contribution is -2.42. The number of aryl methyl sites for hydroxylation is 1. The Hall–Kier alpha value is -1.35. The molecule has 0 radical (unpaired) electrons. The second-order valence-electron chi connectivity index (χ2n) is 5.72. The van der Waals surface area contributed by atoms with Crippen LogP contribution in [0.5, 0.6) is 0 Å². The lowest BCUT2D eigenvalue weighted by molar-refractivity contribution is -0.126. The topological polar surface area (TPSA) is 41.1 Å². The molecule has 0 saturated carbocycles. The number of benzene rings is 1. The number of piperidine rings is 1. The molecule has 2 rings (SSSR count). The minimum absolute atomic E-state index is 0.0811. The lowest BCUT2D eigenvalue weighted by Gasteiger charge is -2.28. The van der Waals surface area contributed by atoms with Crippen molar-refractivity contribution in [2.45, 2.75) is 45.7 Å². The maximum atomic E-state index is 12.3. The first-order chi connectivity index (χ1) is 9.06. The van der Waals surface area contributed by atoms with Gasteiger partial charge in [0.15, 0.2) is 0 Å². The predicted octanol–water partition coefficient (Wildman–Crippen LogP) is 2.56. The summed E-state index contributed by atoms with van der Waals surface area (Å²) in [5.74, 6) is 0.353. The van der Waals surface area contributed by atoms with Crippen molar-refractivity contribution < 1.29 is 4.79 Å². The Morgan fingerprint density at radius 1 is 1.47 bits per heavy atom. The van der Waals surface area contributed by atoms with E-state index in [-0.39, 0.29) is 17.9 Å². The van der Waals surface area contributed by atoms with Gasteiger partial charge in [0.05, 0.1) is 6.04 Å². The average Bonchev–Trinajstić information content (AvgIpc) is 2.38. The molecule has 0 spiro atoms. The molecule has 3 atom stereocenters. The zero-order valence-electron chi connectivity index (χ0n) is 12.1. The highest BCUT2D eigenvalue weighted by Gasteiger charge is 2.25. The van der Waals surface area contributed by atoms with E-state index >= 15 is 0 Å². The molecule has 1 aliphatic rings. The van der Waals surface area contributed by atoms with Gasteiger partial charge in [-0.15, -0.1) is 0 Å². The van der Waals surface area contributed by atoms with Gasteiger partial charge in [-0.3, -0.25) is 4.79 Å². The van der Waals surface area contributed by atoms with Gasteiger partial charge in [-0.1, -0.05) is 29.8 Å². The van der Waals surface area contributed by atoms with Crippen LogP contribution in [0.1, 0.15) is 43.9 Å². The molecule has 1 heterocycles. The Labute approximate surface area is 115 Å². The van der Waals surface area contributed by atoms with Gasteiger partial charge >= 0.3 is 0 Å². The van der Waals surface area contributed by atoms with Crippen LogP contribution in [0.4, 0.5) is 0 Å². The van der Waals surface area contributed by atoms with Gasteiger partial charge in [0, 0.05) is 12.0 Å². The van der Waals surface area contributed by atoms with Crippen LogP contribution in [0.3, 0.4) is 0 Å². The van der Waals surface area contributed by atoms with Crippen LogP contribution in [0.15, 0.2) is 24.3 Å². The molecule has 0 aliphatic carbocycles. The van der Waals surface area contributed by atoms with Crippen molar-refractivity contribution in [1.29, 1.82) is 0 Å². The van der Waals surface area contributed by atoms with Gasteiger partial charge in [0.2, 0.25) is 5.91 Å². The summed E-state index contributed by atoms with van der Waals surface area (Å²) in [6, 6.07) is 8.85. The second-order valence-corrected chi connectivity index (χ2v) is 5.72. The monoisotopic (exact) mass is 260 g/mol. The number of nitrogens with one attached hydrogen (secondary N) is 2. The Bertz CT molecular complexity index is 444. The van der Waals surface area contributed by atoms with Crippen LogP contribution in [0.25, 0.3) is 0 Å². The van der Waals surface area contributed by atoms with Crippen LogP contribution in [0, 0.1) is 12.8 Å². The summed E-state index contributed by atoms with van der Waals surface area (Å²) in [4.78, 5) is 12.3. The first-order valence-corrected chi connectivity index (χ1v) is 7.16. The molecule has 2 unspecified atom stereocenters. The highest BCUT2D eigenvalue weighted by molar-refractivity contribution is 5.79. The molecule has 1 aromatic rings. The van der Waals surface area contributed by atoms with E-state index in [0.29, 0.717) is 6.04 Å². The molecule has 1 amide bonds. The largest absolute Gasteiger partial charge is 0.349 e. The second kappa shape index (κ2) is 6.20. The summed E-state index contributed by atoms with van der Waals surface area (Å²) in [5, 5.41) is 6.53. The number of amides is 1. The Kier molecular flexibility index (Phi) is 4.59. The summed E-state index contributed by atoms with van der Waals surface area (Å²) in [6.07, 6.45) is 1.88. The fraction of sp³-hybridized carbons (Fsp3) is 0.562. The van der Waals surface area contributed by atoms with Gasteiger partial charge in [-0.25, -0.2) is 0 Å². The first-order valence-electron chi connectivity index (χ1n) is 7.16. The molecule has 0 bridgehead atoms. The summed E-state index contributed by atoms with van der Waals surface area (Å²) >= 11 is 0. The van der Waals surface area contributed by atoms with Gasteiger partial charge < -0.3 is 10.6 Å². The molecule has 3 nitrogen and oxygen atoms in total. The molecule has 2 N–H and O–H groups in total. The minimum atomic E-state index is 0.0811. The molecule has 3 heteroatoms. The Balaban J connectivity index is 1.94. The smallest absolute Gasteiger partial charge is 0.223 e. The molecule has 1 saturated heterocycles. The zero-order valence-corrected chi connectivity index (χ0v) is 12.1. The third kappa shape index (κ3) is 3.80. The maximum Gasteiger partial charge on any atom is 0.223 e. The zero-order chi connectivity index (χ0) is 13.8. The normalized spacial score (nSPS) is 24.8.